The first-order valence-corrected chi connectivity index (χ1v) is 11.9. The molecule has 0 saturated carbocycles. The van der Waals surface area contributed by atoms with E-state index in [1.165, 1.54) is 44.4 Å². The van der Waals surface area contributed by atoms with Crippen LogP contribution in [0.1, 0.15) is 25.1 Å². The Labute approximate surface area is 219 Å². The van der Waals surface area contributed by atoms with Crippen LogP contribution >= 0.6 is 0 Å². The quantitative estimate of drug-likeness (QED) is 0.420. The van der Waals surface area contributed by atoms with Gasteiger partial charge in [0.15, 0.2) is 0 Å². The molecule has 1 fully saturated rings. The molecule has 0 bridgehead atoms. The van der Waals surface area contributed by atoms with E-state index >= 15 is 0 Å². The maximum Gasteiger partial charge on any atom is 0.490 e. The maximum absolute atomic E-state index is 10.6. The second kappa shape index (κ2) is 14.0. The molecule has 3 aromatic rings. The highest BCUT2D eigenvalue weighted by Crippen LogP contribution is 2.20. The fourth-order valence-corrected chi connectivity index (χ4v) is 4.00. The van der Waals surface area contributed by atoms with Crippen molar-refractivity contribution < 1.29 is 46.1 Å². The molecule has 1 aromatic carbocycles. The Kier molecular flexibility index (Phi) is 11.3. The van der Waals surface area contributed by atoms with Crippen molar-refractivity contribution in [1.82, 2.24) is 24.2 Å². The number of para-hydroxylation sites is 2. The predicted octanol–water partition coefficient (Wildman–Crippen LogP) is 4.61. The molecule has 0 aliphatic carbocycles. The molecule has 216 valence electrons. The number of carboxylic acids is 2. The largest absolute Gasteiger partial charge is 0.490 e. The van der Waals surface area contributed by atoms with Crippen LogP contribution in [0.3, 0.4) is 0 Å². The minimum absolute atomic E-state index is 0.774. The SMILES string of the molecule is Cc1nc2ccccc2n1CCCN1CCC(Cn2cccn2)CC1.O=C(O)C(F)(F)F.O=C(O)C(F)(F)F. The first-order chi connectivity index (χ1) is 18.2. The van der Waals surface area contributed by atoms with Crippen LogP contribution in [0.25, 0.3) is 11.0 Å². The zero-order valence-electron chi connectivity index (χ0n) is 21.0. The van der Waals surface area contributed by atoms with Gasteiger partial charge < -0.3 is 19.7 Å². The molecule has 0 spiro atoms. The van der Waals surface area contributed by atoms with Crippen LogP contribution in [0.5, 0.6) is 0 Å². The Hall–Kier alpha value is -3.62. The van der Waals surface area contributed by atoms with Gasteiger partial charge in [-0.05, 0) is 69.9 Å². The summed E-state index contributed by atoms with van der Waals surface area (Å²) in [5.74, 6) is -3.62. The second-order valence-electron chi connectivity index (χ2n) is 8.77. The average molecular weight is 566 g/mol. The summed E-state index contributed by atoms with van der Waals surface area (Å²) in [5, 5.41) is 18.6. The molecule has 4 rings (SSSR count). The Morgan fingerprint density at radius 3 is 2.03 bits per heavy atom. The Morgan fingerprint density at radius 2 is 1.51 bits per heavy atom. The number of carboxylic acid groups (broad SMARTS) is 2. The number of aliphatic carboxylic acids is 2. The van der Waals surface area contributed by atoms with Crippen molar-refractivity contribution in [3.8, 4) is 0 Å². The highest BCUT2D eigenvalue weighted by Gasteiger charge is 2.38. The molecule has 2 aromatic heterocycles. The molecule has 0 radical (unpaired) electrons. The van der Waals surface area contributed by atoms with Crippen molar-refractivity contribution >= 4 is 23.0 Å². The van der Waals surface area contributed by atoms with Crippen LogP contribution in [0, 0.1) is 12.8 Å². The summed E-state index contributed by atoms with van der Waals surface area (Å²) in [4.78, 5) is 25.1. The van der Waals surface area contributed by atoms with Gasteiger partial charge in [0, 0.05) is 25.5 Å². The van der Waals surface area contributed by atoms with Gasteiger partial charge in [0.1, 0.15) is 5.82 Å². The fraction of sp³-hybridized carbons (Fsp3) is 0.500. The number of fused-ring (bicyclic) bond motifs is 1. The number of rotatable bonds is 6. The first kappa shape index (κ1) is 31.6. The van der Waals surface area contributed by atoms with Gasteiger partial charge in [-0.15, -0.1) is 0 Å². The number of likely N-dealkylation sites (tertiary alicyclic amines) is 1. The number of alkyl halides is 6. The molecular weight excluding hydrogens is 536 g/mol. The van der Waals surface area contributed by atoms with Crippen LogP contribution in [0.4, 0.5) is 26.3 Å². The number of halogens is 6. The van der Waals surface area contributed by atoms with Crippen molar-refractivity contribution in [1.29, 1.82) is 0 Å². The third-order valence-electron chi connectivity index (χ3n) is 5.90. The van der Waals surface area contributed by atoms with Crippen molar-refractivity contribution in [2.75, 3.05) is 19.6 Å². The molecule has 9 nitrogen and oxygen atoms in total. The van der Waals surface area contributed by atoms with E-state index in [1.807, 2.05) is 12.3 Å². The van der Waals surface area contributed by atoms with Crippen LogP contribution in [-0.4, -0.2) is 78.4 Å². The summed E-state index contributed by atoms with van der Waals surface area (Å²) in [6.45, 7) is 7.85. The Morgan fingerprint density at radius 1 is 0.949 bits per heavy atom. The fourth-order valence-electron chi connectivity index (χ4n) is 4.00. The van der Waals surface area contributed by atoms with Gasteiger partial charge in [0.05, 0.1) is 11.0 Å². The monoisotopic (exact) mass is 565 g/mol. The molecule has 0 amide bonds. The number of aromatic nitrogens is 4. The van der Waals surface area contributed by atoms with E-state index in [1.54, 1.807) is 0 Å². The maximum atomic E-state index is 10.6. The van der Waals surface area contributed by atoms with Crippen LogP contribution in [-0.2, 0) is 22.7 Å². The highest BCUT2D eigenvalue weighted by atomic mass is 19.4. The minimum atomic E-state index is -5.08. The molecule has 0 atom stereocenters. The summed E-state index contributed by atoms with van der Waals surface area (Å²) in [7, 11) is 0. The Bertz CT molecular complexity index is 1160. The van der Waals surface area contributed by atoms with Gasteiger partial charge in [0.2, 0.25) is 0 Å². The van der Waals surface area contributed by atoms with Gasteiger partial charge in [-0.2, -0.15) is 31.4 Å². The highest BCUT2D eigenvalue weighted by molar-refractivity contribution is 5.75. The van der Waals surface area contributed by atoms with E-state index in [2.05, 4.69) is 61.6 Å². The molecule has 15 heteroatoms. The van der Waals surface area contributed by atoms with Crippen molar-refractivity contribution in [2.45, 2.75) is 51.6 Å². The number of hydrogen-bond donors (Lipinski definition) is 2. The summed E-state index contributed by atoms with van der Waals surface area (Å²) < 4.78 is 67.9. The summed E-state index contributed by atoms with van der Waals surface area (Å²) in [6, 6.07) is 10.5. The van der Waals surface area contributed by atoms with E-state index in [4.69, 9.17) is 19.8 Å². The van der Waals surface area contributed by atoms with E-state index in [-0.39, 0.29) is 0 Å². The normalized spacial score (nSPS) is 14.7. The molecule has 1 aliphatic heterocycles. The molecule has 0 unspecified atom stereocenters. The lowest BCUT2D eigenvalue weighted by molar-refractivity contribution is -0.193. The number of benzene rings is 1. The van der Waals surface area contributed by atoms with Gasteiger partial charge in [-0.25, -0.2) is 14.6 Å². The number of imidazole rings is 1. The third kappa shape index (κ3) is 10.6. The van der Waals surface area contributed by atoms with E-state index in [0.29, 0.717) is 0 Å². The standard InChI is InChI=1S/C20H27N5.2C2HF3O2/c1-17-22-19-6-2-3-7-20(19)25(17)13-5-11-23-14-8-18(9-15-23)16-24-12-4-10-21-24;2*3-2(4,5)1(6)7/h2-4,6-7,10,12,18H,5,8-9,11,13-16H2,1H3;2*(H,6,7). The summed E-state index contributed by atoms with van der Waals surface area (Å²) in [5.41, 5.74) is 2.37. The lowest BCUT2D eigenvalue weighted by Gasteiger charge is -2.32. The van der Waals surface area contributed by atoms with Crippen molar-refractivity contribution in [2.24, 2.45) is 5.92 Å². The molecule has 1 saturated heterocycles. The van der Waals surface area contributed by atoms with Crippen LogP contribution < -0.4 is 0 Å². The van der Waals surface area contributed by atoms with E-state index < -0.39 is 24.3 Å². The molecule has 39 heavy (non-hydrogen) atoms. The van der Waals surface area contributed by atoms with Gasteiger partial charge in [0.25, 0.3) is 0 Å². The predicted molar refractivity (Wildman–Crippen MR) is 128 cm³/mol. The number of nitrogens with zero attached hydrogens (tertiary/aromatic N) is 5. The van der Waals surface area contributed by atoms with Gasteiger partial charge >= 0.3 is 24.3 Å². The third-order valence-corrected chi connectivity index (χ3v) is 5.90. The second-order valence-corrected chi connectivity index (χ2v) is 8.77. The Balaban J connectivity index is 0.000000317. The summed E-state index contributed by atoms with van der Waals surface area (Å²) in [6.07, 6.45) is -2.47. The number of piperidine rings is 1. The number of hydrogen-bond acceptors (Lipinski definition) is 5. The number of carbonyl (C=O) groups is 2. The average Bonchev–Trinajstić information content (AvgIpc) is 3.47. The van der Waals surface area contributed by atoms with Crippen LogP contribution in [0.15, 0.2) is 42.7 Å². The molecule has 3 heterocycles. The van der Waals surface area contributed by atoms with Crippen LogP contribution in [0.2, 0.25) is 0 Å². The van der Waals surface area contributed by atoms with Gasteiger partial charge in [-0.1, -0.05) is 12.1 Å². The zero-order valence-corrected chi connectivity index (χ0v) is 21.0. The van der Waals surface area contributed by atoms with Crippen molar-refractivity contribution in [3.05, 3.63) is 48.5 Å². The summed E-state index contributed by atoms with van der Waals surface area (Å²) >= 11 is 0. The first-order valence-electron chi connectivity index (χ1n) is 11.9. The van der Waals surface area contributed by atoms with Crippen molar-refractivity contribution in [3.63, 3.8) is 0 Å². The van der Waals surface area contributed by atoms with E-state index in [9.17, 15) is 26.3 Å². The lowest BCUT2D eigenvalue weighted by Crippen LogP contribution is -2.36. The van der Waals surface area contributed by atoms with E-state index in [0.717, 1.165) is 30.3 Å². The molecular formula is C24H29F6N5O4. The lowest BCUT2D eigenvalue weighted by atomic mass is 9.97. The number of aryl methyl sites for hydroxylation is 2. The molecule has 2 N–H and O–H groups in total. The smallest absolute Gasteiger partial charge is 0.475 e. The zero-order chi connectivity index (χ0) is 29.2. The van der Waals surface area contributed by atoms with Gasteiger partial charge in [-0.3, -0.25) is 4.68 Å². The minimum Gasteiger partial charge on any atom is -0.475 e. The molecule has 1 aliphatic rings. The topological polar surface area (TPSA) is 113 Å².